The Morgan fingerprint density at radius 2 is 1.36 bits per heavy atom. The number of halogens is 1. The number of carbonyl (C=O) groups is 16. The minimum atomic E-state index is -1.17. The molecule has 6 rings (SSSR count). The highest BCUT2D eigenvalue weighted by molar-refractivity contribution is 8.00. The van der Waals surface area contributed by atoms with Crippen LogP contribution in [0.5, 0.6) is 5.75 Å². The van der Waals surface area contributed by atoms with Gasteiger partial charge in [0.25, 0.3) is 11.8 Å². The monoisotopic (exact) mass is 1730 g/mol. The number of likely N-dealkylation sites (N-methyl/N-ethyl adjacent to an activating group) is 4. The molecule has 122 heavy (non-hydrogen) atoms. The standard InChI is InChI=1S/C84H127FN14O22S/c1-18-51(8)73(96(14)80(112)71(49(4)5)92-78(110)72(50(6)7)93(10)11)62(117-16)41-67(104)98-45-56(40-59(98)74(118-17)52(9)75(107)88-44-60(100)54-27-30-61(116-15)57(85)39-54)120-83(115)95(13)38-37-94(12)82(114)119-46-53-25-28-55(29-26-53)89-76(108)58(23-22-35-87-81(86)113)90-77(109)70(48(2)3)91-64(101)24-20-19-21-36-97-68(105)42-63(79(97)111)122-47-84(33-34-84)43-69(106)121-99-65(102)31-32-66(99)103/h25-30,39,48-52,56,58-59,62-63,70-74H,18-24,31-38,40-47H2,1-17H3,(H,88,107)(H,89,108)(H,90,109)(H,91,101)(H,92,110)(H3,86,87,113)/t51-,52+,56-,58-,59-,62+,63?,70-,71-,72-,73-,74+/m0/s1. The van der Waals surface area contributed by atoms with E-state index in [4.69, 9.17) is 34.3 Å². The van der Waals surface area contributed by atoms with E-state index >= 15 is 4.79 Å². The molecule has 8 N–H and O–H groups in total. The Morgan fingerprint density at radius 3 is 1.93 bits per heavy atom. The summed E-state index contributed by atoms with van der Waals surface area (Å²) in [6.07, 6.45) is -1.58. The van der Waals surface area contributed by atoms with Crippen LogP contribution in [-0.2, 0) is 87.9 Å². The molecule has 3 saturated heterocycles. The van der Waals surface area contributed by atoms with Crippen LogP contribution in [0.1, 0.15) is 175 Å². The zero-order valence-corrected chi connectivity index (χ0v) is 74.3. The number of methoxy groups -OCH3 is 3. The largest absolute Gasteiger partial charge is 0.494 e. The number of ketones is 1. The van der Waals surface area contributed by atoms with Crippen LogP contribution >= 0.6 is 11.8 Å². The summed E-state index contributed by atoms with van der Waals surface area (Å²) in [6, 6.07) is 3.79. The van der Waals surface area contributed by atoms with Crippen molar-refractivity contribution in [1.29, 1.82) is 0 Å². The van der Waals surface area contributed by atoms with Gasteiger partial charge < -0.3 is 85.8 Å². The summed E-state index contributed by atoms with van der Waals surface area (Å²) in [5.74, 6) is -9.30. The zero-order valence-electron chi connectivity index (χ0n) is 73.4. The Kier molecular flexibility index (Phi) is 39.2. The van der Waals surface area contributed by atoms with Crippen molar-refractivity contribution >= 4 is 112 Å². The maximum Gasteiger partial charge on any atom is 0.409 e. The summed E-state index contributed by atoms with van der Waals surface area (Å²) in [5, 5.41) is 16.2. The van der Waals surface area contributed by atoms with E-state index in [1.807, 2.05) is 41.5 Å². The number of thioether (sulfide) groups is 1. The van der Waals surface area contributed by atoms with E-state index in [9.17, 15) is 76.3 Å². The lowest BCUT2D eigenvalue weighted by atomic mass is 9.89. The summed E-state index contributed by atoms with van der Waals surface area (Å²) >= 11 is 1.29. The number of hydroxylamine groups is 2. The van der Waals surface area contributed by atoms with Crippen molar-refractivity contribution in [3.05, 3.63) is 59.4 Å². The Bertz CT molecular complexity index is 4000. The van der Waals surface area contributed by atoms with E-state index in [1.54, 1.807) is 71.1 Å². The highest BCUT2D eigenvalue weighted by atomic mass is 32.2. The van der Waals surface area contributed by atoms with Crippen LogP contribution in [0.4, 0.5) is 24.5 Å². The topological polar surface area (TPSA) is 449 Å². The summed E-state index contributed by atoms with van der Waals surface area (Å²) < 4.78 is 43.4. The van der Waals surface area contributed by atoms with Gasteiger partial charge in [-0.25, -0.2) is 23.6 Å². The average molecular weight is 1740 g/mol. The third kappa shape index (κ3) is 29.0. The van der Waals surface area contributed by atoms with Gasteiger partial charge in [0, 0.05) is 111 Å². The number of nitrogens with one attached hydrogen (secondary N) is 6. The fraction of sp³-hybridized carbons (Fsp3) is 0.667. The number of amides is 15. The molecule has 2 aromatic rings. The lowest BCUT2D eigenvalue weighted by Gasteiger charge is -2.41. The molecule has 0 spiro atoms. The number of primary amides is 1. The van der Waals surface area contributed by atoms with E-state index in [0.717, 1.165) is 6.07 Å². The molecule has 1 aliphatic carbocycles. The molecule has 2 aromatic carbocycles. The average Bonchev–Trinajstić information content (AvgIpc) is 1.65. The van der Waals surface area contributed by atoms with Gasteiger partial charge in [-0.05, 0) is 118 Å². The Labute approximate surface area is 717 Å². The molecular formula is C84H127FN14O22S. The second-order valence-electron chi connectivity index (χ2n) is 33.3. The van der Waals surface area contributed by atoms with Gasteiger partial charge in [0.1, 0.15) is 30.8 Å². The normalized spacial score (nSPS) is 18.4. The van der Waals surface area contributed by atoms with E-state index in [-0.39, 0.29) is 150 Å². The van der Waals surface area contributed by atoms with E-state index < -0.39 is 161 Å². The van der Waals surface area contributed by atoms with Gasteiger partial charge in [-0.2, -0.15) is 0 Å². The molecule has 0 aromatic heterocycles. The summed E-state index contributed by atoms with van der Waals surface area (Å²) in [6.45, 7) is 15.6. The number of likely N-dealkylation sites (tertiary alicyclic amines) is 2. The van der Waals surface area contributed by atoms with Crippen molar-refractivity contribution in [1.82, 2.24) is 61.0 Å². The molecule has 12 atom stereocenters. The lowest BCUT2D eigenvalue weighted by molar-refractivity contribution is -0.198. The van der Waals surface area contributed by atoms with E-state index in [2.05, 4.69) is 31.9 Å². The van der Waals surface area contributed by atoms with Crippen LogP contribution in [0.25, 0.3) is 0 Å². The Balaban J connectivity index is 1.02. The highest BCUT2D eigenvalue weighted by Crippen LogP contribution is 2.52. The number of hydrogen-bond acceptors (Lipinski definition) is 24. The van der Waals surface area contributed by atoms with Crippen LogP contribution in [0, 0.1) is 40.8 Å². The van der Waals surface area contributed by atoms with E-state index in [1.165, 1.54) is 83.8 Å². The second kappa shape index (κ2) is 47.5. The van der Waals surface area contributed by atoms with E-state index in [0.29, 0.717) is 60.6 Å². The van der Waals surface area contributed by atoms with Crippen molar-refractivity contribution in [3.63, 3.8) is 0 Å². The number of ether oxygens (including phenoxy) is 5. The van der Waals surface area contributed by atoms with Crippen LogP contribution in [0.15, 0.2) is 42.5 Å². The zero-order chi connectivity index (χ0) is 90.7. The number of anilines is 1. The lowest BCUT2D eigenvalue weighted by Crippen LogP contribution is -2.59. The molecule has 0 radical (unpaired) electrons. The molecule has 15 amide bonds. The summed E-state index contributed by atoms with van der Waals surface area (Å²) in [5.41, 5.74) is 5.62. The first-order valence-corrected chi connectivity index (χ1v) is 42.7. The third-order valence-electron chi connectivity index (χ3n) is 22.7. The molecule has 3 heterocycles. The smallest absolute Gasteiger partial charge is 0.409 e. The molecule has 1 unspecified atom stereocenters. The van der Waals surface area contributed by atoms with Gasteiger partial charge in [0.2, 0.25) is 53.2 Å². The van der Waals surface area contributed by atoms with Crippen LogP contribution in [0.2, 0.25) is 0 Å². The first kappa shape index (κ1) is 101. The maximum absolute atomic E-state index is 15.1. The number of hydrogen-bond donors (Lipinski definition) is 7. The molecule has 4 fully saturated rings. The van der Waals surface area contributed by atoms with Crippen molar-refractivity contribution in [3.8, 4) is 5.75 Å². The molecule has 36 nitrogen and oxygen atoms in total. The van der Waals surface area contributed by atoms with Gasteiger partial charge in [0.15, 0.2) is 17.3 Å². The number of Topliss-reactive ketones (excluding diaryl/α,β-unsaturated/α-hetero) is 1. The molecule has 0 bridgehead atoms. The first-order chi connectivity index (χ1) is 57.6. The van der Waals surface area contributed by atoms with Crippen LogP contribution in [0.3, 0.4) is 0 Å². The van der Waals surface area contributed by atoms with Crippen molar-refractivity contribution in [2.24, 2.45) is 40.7 Å². The van der Waals surface area contributed by atoms with Crippen LogP contribution < -0.4 is 42.4 Å². The quantitative estimate of drug-likeness (QED) is 0.0251. The fourth-order valence-corrected chi connectivity index (χ4v) is 16.6. The minimum Gasteiger partial charge on any atom is -0.494 e. The summed E-state index contributed by atoms with van der Waals surface area (Å²) in [4.78, 5) is 227. The predicted molar refractivity (Wildman–Crippen MR) is 447 cm³/mol. The van der Waals surface area contributed by atoms with Crippen molar-refractivity contribution < 1.29 is 110 Å². The number of carbonyl (C=O) groups excluding carboxylic acids is 16. The number of unbranched alkanes of at least 4 members (excludes halogenated alkanes) is 2. The Hall–Kier alpha value is -10.1. The van der Waals surface area contributed by atoms with Gasteiger partial charge in [-0.15, -0.1) is 16.8 Å². The first-order valence-electron chi connectivity index (χ1n) is 41.7. The molecule has 3 aliphatic heterocycles. The fourth-order valence-electron chi connectivity index (χ4n) is 15.1. The van der Waals surface area contributed by atoms with Gasteiger partial charge in [0.05, 0.1) is 74.5 Å². The molecule has 38 heteroatoms. The van der Waals surface area contributed by atoms with Crippen molar-refractivity contribution in [2.45, 2.75) is 225 Å². The van der Waals surface area contributed by atoms with Gasteiger partial charge >= 0.3 is 24.2 Å². The van der Waals surface area contributed by atoms with Gasteiger partial charge in [-0.3, -0.25) is 67.3 Å². The maximum atomic E-state index is 15.1. The SMILES string of the molecule is CC[C@H](C)[C@@H]([C@@H](CC(=O)N1C[C@@H](OC(=O)N(C)CCN(C)C(=O)OCc2ccc(NC(=O)[C@H](CCCNC(N)=O)NC(=O)[C@@H](NC(=O)CCCCCN3C(=O)CC(SCC4(CC(=O)ON5C(=O)CCC5=O)CC4)C3=O)C(C)C)cc2)C[C@H]1[C@H](OC)[C@@H](C)C(=O)NCC(=O)c1ccc(OC)c(F)c1)OC)N(C)C(=O)[C@@H](NC(=O)[C@H](C(C)C)N(C)C)C(C)C. The summed E-state index contributed by atoms with van der Waals surface area (Å²) in [7, 11) is 12.2. The number of rotatable bonds is 49. The third-order valence-corrected chi connectivity index (χ3v) is 24.3. The molecule has 1 saturated carbocycles. The molecule has 678 valence electrons. The second-order valence-corrected chi connectivity index (χ2v) is 34.5. The highest BCUT2D eigenvalue weighted by Gasteiger charge is 2.50. The molecule has 4 aliphatic rings. The minimum absolute atomic E-state index is 0.00325. The predicted octanol–water partition coefficient (Wildman–Crippen LogP) is 5.31. The number of benzene rings is 2. The number of imide groups is 2. The van der Waals surface area contributed by atoms with Crippen LogP contribution in [-0.4, -0.2) is 291 Å². The molecular weight excluding hydrogens is 1610 g/mol. The number of nitrogens with two attached hydrogens (primary N) is 1. The number of urea groups is 1. The van der Waals surface area contributed by atoms with Crippen molar-refractivity contribution in [2.75, 3.05) is 107 Å². The Morgan fingerprint density at radius 1 is 0.713 bits per heavy atom. The number of nitrogens with zero attached hydrogens (tertiary/aromatic N) is 7. The van der Waals surface area contributed by atoms with Gasteiger partial charge in [-0.1, -0.05) is 87.3 Å².